The third-order valence-electron chi connectivity index (χ3n) is 3.58. The zero-order valence-corrected chi connectivity index (χ0v) is 10.6. The van der Waals surface area contributed by atoms with Crippen molar-refractivity contribution in [3.05, 3.63) is 39.4 Å². The molecule has 7 heteroatoms. The van der Waals surface area contributed by atoms with E-state index < -0.39 is 16.7 Å². The number of benzene rings is 1. The maximum absolute atomic E-state index is 12.2. The summed E-state index contributed by atoms with van der Waals surface area (Å²) in [6.45, 7) is 0.847. The number of nitro groups is 1. The van der Waals surface area contributed by atoms with Crippen molar-refractivity contribution in [3.8, 4) is 0 Å². The lowest BCUT2D eigenvalue weighted by atomic mass is 10.1. The number of imide groups is 1. The molecule has 0 N–H and O–H groups in total. The van der Waals surface area contributed by atoms with Gasteiger partial charge in [-0.2, -0.15) is 0 Å². The predicted octanol–water partition coefficient (Wildman–Crippen LogP) is 1.37. The van der Waals surface area contributed by atoms with E-state index in [0.717, 1.165) is 23.8 Å². The summed E-state index contributed by atoms with van der Waals surface area (Å²) in [4.78, 5) is 35.6. The highest BCUT2D eigenvalue weighted by molar-refractivity contribution is 6.21. The molecule has 1 aromatic carbocycles. The van der Waals surface area contributed by atoms with Gasteiger partial charge in [-0.05, 0) is 18.9 Å². The first-order valence-corrected chi connectivity index (χ1v) is 6.34. The molecule has 1 saturated heterocycles. The Morgan fingerprint density at radius 2 is 2.05 bits per heavy atom. The Balaban J connectivity index is 1.88. The highest BCUT2D eigenvalue weighted by Gasteiger charge is 2.38. The third-order valence-corrected chi connectivity index (χ3v) is 3.58. The molecule has 20 heavy (non-hydrogen) atoms. The van der Waals surface area contributed by atoms with Gasteiger partial charge in [-0.15, -0.1) is 0 Å². The van der Waals surface area contributed by atoms with Crippen LogP contribution >= 0.6 is 0 Å². The fourth-order valence-corrected chi connectivity index (χ4v) is 2.55. The van der Waals surface area contributed by atoms with Gasteiger partial charge in [0.25, 0.3) is 17.5 Å². The molecule has 0 unspecified atom stereocenters. The number of hydrogen-bond donors (Lipinski definition) is 0. The second-order valence-corrected chi connectivity index (χ2v) is 4.84. The lowest BCUT2D eigenvalue weighted by Crippen LogP contribution is -2.36. The van der Waals surface area contributed by atoms with Crippen LogP contribution in [0.25, 0.3) is 0 Å². The van der Waals surface area contributed by atoms with Crippen LogP contribution in [-0.2, 0) is 4.74 Å². The molecular formula is C13H12N2O5. The van der Waals surface area contributed by atoms with E-state index in [1.807, 2.05) is 0 Å². The first-order chi connectivity index (χ1) is 9.58. The second kappa shape index (κ2) is 4.68. The molecule has 2 aliphatic heterocycles. The van der Waals surface area contributed by atoms with Crippen molar-refractivity contribution in [1.82, 2.24) is 4.90 Å². The number of ether oxygens (including phenoxy) is 1. The molecule has 3 rings (SSSR count). The van der Waals surface area contributed by atoms with Crippen LogP contribution in [-0.4, -0.2) is 40.9 Å². The summed E-state index contributed by atoms with van der Waals surface area (Å²) in [6.07, 6.45) is 1.60. The van der Waals surface area contributed by atoms with Crippen molar-refractivity contribution < 1.29 is 19.2 Å². The molecule has 2 amide bonds. The standard InChI is InChI=1S/C13H12N2O5/c16-12-10-4-3-8(15(18)19)6-11(10)13(17)14(12)7-9-2-1-5-20-9/h3-4,6,9H,1-2,5,7H2/t9-/m1/s1. The van der Waals surface area contributed by atoms with Crippen LogP contribution in [0.1, 0.15) is 33.6 Å². The third kappa shape index (κ3) is 1.96. The fourth-order valence-electron chi connectivity index (χ4n) is 2.55. The highest BCUT2D eigenvalue weighted by Crippen LogP contribution is 2.28. The van der Waals surface area contributed by atoms with Crippen LogP contribution in [0.5, 0.6) is 0 Å². The number of carbonyl (C=O) groups is 2. The lowest BCUT2D eigenvalue weighted by Gasteiger charge is -2.17. The van der Waals surface area contributed by atoms with Crippen LogP contribution in [0.4, 0.5) is 5.69 Å². The van der Waals surface area contributed by atoms with Gasteiger partial charge < -0.3 is 4.74 Å². The summed E-state index contributed by atoms with van der Waals surface area (Å²) in [6, 6.07) is 3.73. The normalized spacial score (nSPS) is 21.4. The molecule has 1 fully saturated rings. The van der Waals surface area contributed by atoms with E-state index in [1.54, 1.807) is 0 Å². The quantitative estimate of drug-likeness (QED) is 0.472. The van der Waals surface area contributed by atoms with E-state index in [4.69, 9.17) is 4.74 Å². The number of hydrogen-bond acceptors (Lipinski definition) is 5. The first-order valence-electron chi connectivity index (χ1n) is 6.34. The minimum atomic E-state index is -0.583. The van der Waals surface area contributed by atoms with Crippen molar-refractivity contribution >= 4 is 17.5 Å². The number of non-ortho nitro benzene ring substituents is 1. The van der Waals surface area contributed by atoms with Gasteiger partial charge in [0.1, 0.15) is 0 Å². The maximum atomic E-state index is 12.2. The number of rotatable bonds is 3. The molecule has 7 nitrogen and oxygen atoms in total. The highest BCUT2D eigenvalue weighted by atomic mass is 16.6. The summed E-state index contributed by atoms with van der Waals surface area (Å²) in [5, 5.41) is 10.7. The molecule has 0 radical (unpaired) electrons. The molecule has 0 spiro atoms. The van der Waals surface area contributed by atoms with Crippen LogP contribution in [0.3, 0.4) is 0 Å². The number of carbonyl (C=O) groups excluding carboxylic acids is 2. The topological polar surface area (TPSA) is 89.8 Å². The summed E-state index contributed by atoms with van der Waals surface area (Å²) in [5.41, 5.74) is 0.129. The van der Waals surface area contributed by atoms with Crippen molar-refractivity contribution in [3.63, 3.8) is 0 Å². The van der Waals surface area contributed by atoms with Crippen molar-refractivity contribution in [2.75, 3.05) is 13.2 Å². The summed E-state index contributed by atoms with van der Waals surface area (Å²) in [7, 11) is 0. The number of amides is 2. The monoisotopic (exact) mass is 276 g/mol. The smallest absolute Gasteiger partial charge is 0.270 e. The zero-order chi connectivity index (χ0) is 14.3. The van der Waals surface area contributed by atoms with E-state index in [9.17, 15) is 19.7 Å². The molecule has 1 atom stereocenters. The minimum Gasteiger partial charge on any atom is -0.376 e. The summed E-state index contributed by atoms with van der Waals surface area (Å²) >= 11 is 0. The van der Waals surface area contributed by atoms with E-state index in [0.29, 0.717) is 6.61 Å². The van der Waals surface area contributed by atoms with Crippen molar-refractivity contribution in [1.29, 1.82) is 0 Å². The minimum absolute atomic E-state index is 0.0993. The Kier molecular flexibility index (Phi) is 2.98. The van der Waals surface area contributed by atoms with E-state index in [-0.39, 0.29) is 29.5 Å². The van der Waals surface area contributed by atoms with Crippen LogP contribution in [0.15, 0.2) is 18.2 Å². The largest absolute Gasteiger partial charge is 0.376 e. The number of nitro benzene ring substituents is 1. The molecule has 0 saturated carbocycles. The van der Waals surface area contributed by atoms with Gasteiger partial charge in [0.15, 0.2) is 0 Å². The van der Waals surface area contributed by atoms with E-state index in [1.165, 1.54) is 12.1 Å². The van der Waals surface area contributed by atoms with Crippen molar-refractivity contribution in [2.24, 2.45) is 0 Å². The Labute approximate surface area is 114 Å². The molecule has 0 aliphatic carbocycles. The van der Waals surface area contributed by atoms with E-state index >= 15 is 0 Å². The van der Waals surface area contributed by atoms with Gasteiger partial charge >= 0.3 is 0 Å². The van der Waals surface area contributed by atoms with Gasteiger partial charge in [0, 0.05) is 18.7 Å². The average Bonchev–Trinajstić information content (AvgIpc) is 3.02. The fraction of sp³-hybridized carbons (Fsp3) is 0.385. The first kappa shape index (κ1) is 12.7. The molecule has 1 aromatic rings. The van der Waals surface area contributed by atoms with E-state index in [2.05, 4.69) is 0 Å². The molecule has 0 aromatic heterocycles. The molecular weight excluding hydrogens is 264 g/mol. The molecule has 2 heterocycles. The predicted molar refractivity (Wildman–Crippen MR) is 67.4 cm³/mol. The Hall–Kier alpha value is -2.28. The second-order valence-electron chi connectivity index (χ2n) is 4.84. The average molecular weight is 276 g/mol. The summed E-state index contributed by atoms with van der Waals surface area (Å²) in [5.74, 6) is -0.889. The Morgan fingerprint density at radius 3 is 2.70 bits per heavy atom. The molecule has 104 valence electrons. The van der Waals surface area contributed by atoms with Gasteiger partial charge in [0.2, 0.25) is 0 Å². The molecule has 2 aliphatic rings. The SMILES string of the molecule is O=C1c2ccc([N+](=O)[O-])cc2C(=O)N1C[C@H]1CCCO1. The number of nitrogens with zero attached hydrogens (tertiary/aromatic N) is 2. The maximum Gasteiger partial charge on any atom is 0.270 e. The van der Waals surface area contributed by atoms with Gasteiger partial charge in [-0.1, -0.05) is 0 Å². The van der Waals surface area contributed by atoms with Gasteiger partial charge in [-0.25, -0.2) is 0 Å². The molecule has 0 bridgehead atoms. The summed E-state index contributed by atoms with van der Waals surface area (Å²) < 4.78 is 5.42. The lowest BCUT2D eigenvalue weighted by molar-refractivity contribution is -0.384. The number of fused-ring (bicyclic) bond motifs is 1. The van der Waals surface area contributed by atoms with Crippen LogP contribution < -0.4 is 0 Å². The Morgan fingerprint density at radius 1 is 1.30 bits per heavy atom. The van der Waals surface area contributed by atoms with Crippen LogP contribution in [0, 0.1) is 10.1 Å². The van der Waals surface area contributed by atoms with Crippen molar-refractivity contribution in [2.45, 2.75) is 18.9 Å². The van der Waals surface area contributed by atoms with Gasteiger partial charge in [-0.3, -0.25) is 24.6 Å². The Bertz CT molecular complexity index is 607. The van der Waals surface area contributed by atoms with Gasteiger partial charge in [0.05, 0.1) is 28.7 Å². The zero-order valence-electron chi connectivity index (χ0n) is 10.6. The van der Waals surface area contributed by atoms with Crippen LogP contribution in [0.2, 0.25) is 0 Å².